The summed E-state index contributed by atoms with van der Waals surface area (Å²) in [6.07, 6.45) is 3.92. The number of ether oxygens (including phenoxy) is 1. The largest absolute Gasteiger partial charge is 0.481 e. The Morgan fingerprint density at radius 2 is 2.58 bits per heavy atom. The van der Waals surface area contributed by atoms with Crippen LogP contribution in [-0.4, -0.2) is 23.8 Å². The number of carboxylic acids is 1. The molecular weight excluding hydrogens is 156 g/mol. The van der Waals surface area contributed by atoms with Crippen molar-refractivity contribution in [2.75, 3.05) is 6.61 Å². The number of carbonyl (C=O) groups is 1. The first kappa shape index (κ1) is 9.26. The molecule has 0 spiro atoms. The van der Waals surface area contributed by atoms with Gasteiger partial charge < -0.3 is 9.84 Å². The molecule has 1 heterocycles. The van der Waals surface area contributed by atoms with Crippen molar-refractivity contribution in [2.24, 2.45) is 0 Å². The van der Waals surface area contributed by atoms with Gasteiger partial charge in [0.05, 0.1) is 19.1 Å². The Kier molecular flexibility index (Phi) is 3.29. The van der Waals surface area contributed by atoms with Crippen molar-refractivity contribution in [1.29, 1.82) is 0 Å². The number of hydrogen-bond donors (Lipinski definition) is 1. The Hall–Kier alpha value is -0.830. The molecule has 1 aliphatic rings. The molecule has 1 unspecified atom stereocenters. The highest BCUT2D eigenvalue weighted by molar-refractivity contribution is 5.67. The van der Waals surface area contributed by atoms with Crippen LogP contribution in [0.3, 0.4) is 0 Å². The lowest BCUT2D eigenvalue weighted by Gasteiger charge is -2.23. The summed E-state index contributed by atoms with van der Waals surface area (Å²) in [5.41, 5.74) is 1.27. The second-order valence-corrected chi connectivity index (χ2v) is 3.02. The first-order chi connectivity index (χ1) is 5.72. The number of hydrogen-bond acceptors (Lipinski definition) is 2. The van der Waals surface area contributed by atoms with Gasteiger partial charge in [0.1, 0.15) is 0 Å². The fraction of sp³-hybridized carbons (Fsp3) is 0.667. The van der Waals surface area contributed by atoms with Crippen LogP contribution in [0.2, 0.25) is 0 Å². The molecule has 1 N–H and O–H groups in total. The lowest BCUT2D eigenvalue weighted by molar-refractivity contribution is -0.140. The molecule has 68 valence electrons. The minimum atomic E-state index is -0.774. The van der Waals surface area contributed by atoms with Crippen LogP contribution in [0.4, 0.5) is 0 Å². The highest BCUT2D eigenvalue weighted by Crippen LogP contribution is 2.19. The van der Waals surface area contributed by atoms with Crippen molar-refractivity contribution >= 4 is 5.97 Å². The summed E-state index contributed by atoms with van der Waals surface area (Å²) in [5, 5.41) is 8.49. The van der Waals surface area contributed by atoms with Crippen molar-refractivity contribution in [2.45, 2.75) is 32.3 Å². The summed E-state index contributed by atoms with van der Waals surface area (Å²) in [6.45, 7) is 2.59. The van der Waals surface area contributed by atoms with Crippen molar-refractivity contribution < 1.29 is 14.6 Å². The van der Waals surface area contributed by atoms with Crippen molar-refractivity contribution in [3.8, 4) is 0 Å². The Morgan fingerprint density at radius 3 is 3.00 bits per heavy atom. The van der Waals surface area contributed by atoms with Crippen molar-refractivity contribution in [3.63, 3.8) is 0 Å². The summed E-state index contributed by atoms with van der Waals surface area (Å²) in [4.78, 5) is 10.3. The Bertz CT molecular complexity index is 186. The van der Waals surface area contributed by atoms with E-state index in [4.69, 9.17) is 9.84 Å². The zero-order valence-corrected chi connectivity index (χ0v) is 7.25. The van der Waals surface area contributed by atoms with E-state index in [9.17, 15) is 4.79 Å². The second-order valence-electron chi connectivity index (χ2n) is 3.02. The van der Waals surface area contributed by atoms with E-state index in [1.807, 2.05) is 13.0 Å². The molecule has 0 aromatic carbocycles. The van der Waals surface area contributed by atoms with Gasteiger partial charge >= 0.3 is 5.97 Å². The molecule has 1 fully saturated rings. The van der Waals surface area contributed by atoms with Crippen LogP contribution in [-0.2, 0) is 9.53 Å². The molecule has 3 heteroatoms. The van der Waals surface area contributed by atoms with E-state index >= 15 is 0 Å². The van der Waals surface area contributed by atoms with E-state index in [1.165, 1.54) is 5.57 Å². The topological polar surface area (TPSA) is 46.5 Å². The second kappa shape index (κ2) is 4.26. The van der Waals surface area contributed by atoms with E-state index < -0.39 is 5.97 Å². The molecule has 0 aromatic heterocycles. The van der Waals surface area contributed by atoms with Crippen LogP contribution in [0.5, 0.6) is 0 Å². The highest BCUT2D eigenvalue weighted by atomic mass is 16.5. The number of aliphatic carboxylic acids is 1. The average molecular weight is 170 g/mol. The lowest BCUT2D eigenvalue weighted by atomic mass is 10.0. The maximum absolute atomic E-state index is 10.3. The third-order valence-corrected chi connectivity index (χ3v) is 2.10. The summed E-state index contributed by atoms with van der Waals surface area (Å²) >= 11 is 0. The molecule has 1 atom stereocenters. The number of carboxylic acid groups (broad SMARTS) is 1. The fourth-order valence-electron chi connectivity index (χ4n) is 1.31. The smallest absolute Gasteiger partial charge is 0.305 e. The van der Waals surface area contributed by atoms with E-state index in [2.05, 4.69) is 0 Å². The summed E-state index contributed by atoms with van der Waals surface area (Å²) in [6, 6.07) is 0. The Balaban J connectivity index is 2.31. The standard InChI is InChI=1S/C9H14O3/c1-2-7-3-4-8(12-6-7)5-9(10)11/h2,8H,3-6H2,1H3,(H,10,11)/b7-2+. The molecule has 0 radical (unpaired) electrons. The zero-order chi connectivity index (χ0) is 8.97. The summed E-state index contributed by atoms with van der Waals surface area (Å²) < 4.78 is 5.34. The van der Waals surface area contributed by atoms with Crippen molar-refractivity contribution in [1.82, 2.24) is 0 Å². The molecule has 12 heavy (non-hydrogen) atoms. The van der Waals surface area contributed by atoms with Crippen LogP contribution >= 0.6 is 0 Å². The summed E-state index contributed by atoms with van der Waals surface area (Å²) in [7, 11) is 0. The van der Waals surface area contributed by atoms with Gasteiger partial charge in [-0.3, -0.25) is 4.79 Å². The minimum absolute atomic E-state index is 0.0776. The predicted molar refractivity (Wildman–Crippen MR) is 45.0 cm³/mol. The normalized spacial score (nSPS) is 27.4. The molecule has 1 rings (SSSR count). The SMILES string of the molecule is C/C=C1\CCC(CC(=O)O)OC1. The molecular formula is C9H14O3. The third-order valence-electron chi connectivity index (χ3n) is 2.10. The third kappa shape index (κ3) is 2.66. The van der Waals surface area contributed by atoms with E-state index in [0.29, 0.717) is 6.61 Å². The van der Waals surface area contributed by atoms with Crippen molar-refractivity contribution in [3.05, 3.63) is 11.6 Å². The van der Waals surface area contributed by atoms with Crippen LogP contribution in [0.1, 0.15) is 26.2 Å². The monoisotopic (exact) mass is 170 g/mol. The van der Waals surface area contributed by atoms with Gasteiger partial charge in [0.2, 0.25) is 0 Å². The van der Waals surface area contributed by atoms with Gasteiger partial charge in [-0.2, -0.15) is 0 Å². The van der Waals surface area contributed by atoms with Gasteiger partial charge in [0.15, 0.2) is 0 Å². The average Bonchev–Trinajstić information content (AvgIpc) is 2.05. The molecule has 1 aliphatic heterocycles. The molecule has 0 aliphatic carbocycles. The lowest BCUT2D eigenvalue weighted by Crippen LogP contribution is -2.23. The highest BCUT2D eigenvalue weighted by Gasteiger charge is 2.18. The molecule has 1 saturated heterocycles. The molecule has 0 aromatic rings. The van der Waals surface area contributed by atoms with E-state index in [1.54, 1.807) is 0 Å². The van der Waals surface area contributed by atoms with Gasteiger partial charge in [0, 0.05) is 0 Å². The van der Waals surface area contributed by atoms with Crippen LogP contribution < -0.4 is 0 Å². The first-order valence-corrected chi connectivity index (χ1v) is 4.20. The maximum atomic E-state index is 10.3. The molecule has 0 amide bonds. The predicted octanol–water partition coefficient (Wildman–Crippen LogP) is 1.59. The molecule has 0 bridgehead atoms. The number of rotatable bonds is 2. The molecule has 0 saturated carbocycles. The Labute approximate surface area is 72.0 Å². The van der Waals surface area contributed by atoms with Gasteiger partial charge in [-0.15, -0.1) is 0 Å². The Morgan fingerprint density at radius 1 is 1.83 bits per heavy atom. The maximum Gasteiger partial charge on any atom is 0.305 e. The fourth-order valence-corrected chi connectivity index (χ4v) is 1.31. The quantitative estimate of drug-likeness (QED) is 0.640. The zero-order valence-electron chi connectivity index (χ0n) is 7.25. The summed E-state index contributed by atoms with van der Waals surface area (Å²) in [5.74, 6) is -0.774. The van der Waals surface area contributed by atoms with Gasteiger partial charge in [-0.1, -0.05) is 6.08 Å². The van der Waals surface area contributed by atoms with E-state index in [-0.39, 0.29) is 12.5 Å². The number of allylic oxidation sites excluding steroid dienone is 1. The van der Waals surface area contributed by atoms with Gasteiger partial charge in [-0.05, 0) is 25.3 Å². The first-order valence-electron chi connectivity index (χ1n) is 4.20. The minimum Gasteiger partial charge on any atom is -0.481 e. The molecule has 3 nitrogen and oxygen atoms in total. The van der Waals surface area contributed by atoms with Crippen LogP contribution in [0.25, 0.3) is 0 Å². The van der Waals surface area contributed by atoms with E-state index in [0.717, 1.165) is 12.8 Å². The van der Waals surface area contributed by atoms with Gasteiger partial charge in [-0.25, -0.2) is 0 Å². The van der Waals surface area contributed by atoms with Crippen LogP contribution in [0, 0.1) is 0 Å². The van der Waals surface area contributed by atoms with Gasteiger partial charge in [0.25, 0.3) is 0 Å². The van der Waals surface area contributed by atoms with Crippen LogP contribution in [0.15, 0.2) is 11.6 Å².